The summed E-state index contributed by atoms with van der Waals surface area (Å²) in [6, 6.07) is -0.278. The molecule has 0 radical (unpaired) electrons. The van der Waals surface area contributed by atoms with Crippen LogP contribution in [0.4, 0.5) is 4.79 Å². The second-order valence-corrected chi connectivity index (χ2v) is 4.65. The van der Waals surface area contributed by atoms with E-state index in [1.807, 2.05) is 20.8 Å². The Hall–Kier alpha value is -1.59. The van der Waals surface area contributed by atoms with Gasteiger partial charge in [-0.15, -0.1) is 0 Å². The van der Waals surface area contributed by atoms with Gasteiger partial charge in [-0.3, -0.25) is 5.10 Å². The van der Waals surface area contributed by atoms with E-state index in [2.05, 4.69) is 20.5 Å². The second-order valence-electron chi connectivity index (χ2n) is 4.65. The summed E-state index contributed by atoms with van der Waals surface area (Å²) in [5, 5.41) is 9.34. The van der Waals surface area contributed by atoms with Crippen molar-refractivity contribution in [2.75, 3.05) is 0 Å². The minimum Gasteiger partial charge on any atom is -0.444 e. The number of carbonyl (C=O) groups is 1. The van der Waals surface area contributed by atoms with Crippen molar-refractivity contribution in [3.05, 3.63) is 11.6 Å². The largest absolute Gasteiger partial charge is 0.444 e. The summed E-state index contributed by atoms with van der Waals surface area (Å²) in [7, 11) is 0. The van der Waals surface area contributed by atoms with Crippen LogP contribution in [-0.4, -0.2) is 26.9 Å². The number of ether oxygens (including phenoxy) is 1. The Morgan fingerprint density at radius 1 is 1.50 bits per heavy atom. The summed E-state index contributed by atoms with van der Waals surface area (Å²) >= 11 is 0. The van der Waals surface area contributed by atoms with Gasteiger partial charge in [0.1, 0.15) is 11.4 Å². The zero-order valence-corrected chi connectivity index (χ0v) is 10.3. The molecule has 1 aromatic heterocycles. The molecule has 0 fully saturated rings. The molecule has 0 aliphatic carbocycles. The third kappa shape index (κ3) is 3.88. The summed E-state index contributed by atoms with van der Waals surface area (Å²) in [5.41, 5.74) is -0.501. The molecule has 6 nitrogen and oxygen atoms in total. The third-order valence-electron chi connectivity index (χ3n) is 1.74. The standard InChI is InChI=1S/C10H18N4O2/c1-6(8-12-7(2)13-14-8)11-9(15)16-10(3,4)5/h6H,1-5H3,(H,11,15)(H,12,13,14). The average molecular weight is 226 g/mol. The molecule has 0 aliphatic rings. The number of H-pyrrole nitrogens is 1. The van der Waals surface area contributed by atoms with Crippen molar-refractivity contribution < 1.29 is 9.53 Å². The van der Waals surface area contributed by atoms with Crippen molar-refractivity contribution in [1.82, 2.24) is 20.5 Å². The Labute approximate surface area is 94.8 Å². The molecule has 0 aliphatic heterocycles. The Balaban J connectivity index is 2.52. The first-order chi connectivity index (χ1) is 7.28. The maximum Gasteiger partial charge on any atom is 0.408 e. The highest BCUT2D eigenvalue weighted by atomic mass is 16.6. The maximum absolute atomic E-state index is 11.5. The fourth-order valence-electron chi connectivity index (χ4n) is 1.10. The molecule has 0 saturated carbocycles. The number of aryl methyl sites for hydroxylation is 1. The minimum atomic E-state index is -0.501. The third-order valence-corrected chi connectivity index (χ3v) is 1.74. The summed E-state index contributed by atoms with van der Waals surface area (Å²) in [6.07, 6.45) is -0.470. The lowest BCUT2D eigenvalue weighted by Crippen LogP contribution is -2.34. The molecule has 90 valence electrons. The van der Waals surface area contributed by atoms with Crippen LogP contribution in [0.15, 0.2) is 0 Å². The quantitative estimate of drug-likeness (QED) is 0.804. The molecule has 0 spiro atoms. The molecule has 1 atom stereocenters. The fraction of sp³-hybridized carbons (Fsp3) is 0.700. The number of nitrogens with one attached hydrogen (secondary N) is 2. The number of hydrogen-bond donors (Lipinski definition) is 2. The van der Waals surface area contributed by atoms with Crippen LogP contribution in [0.25, 0.3) is 0 Å². The van der Waals surface area contributed by atoms with Gasteiger partial charge < -0.3 is 10.1 Å². The van der Waals surface area contributed by atoms with Gasteiger partial charge in [-0.2, -0.15) is 5.10 Å². The van der Waals surface area contributed by atoms with E-state index in [1.54, 1.807) is 13.8 Å². The highest BCUT2D eigenvalue weighted by Gasteiger charge is 2.19. The van der Waals surface area contributed by atoms with Crippen molar-refractivity contribution in [3.63, 3.8) is 0 Å². The van der Waals surface area contributed by atoms with Crippen LogP contribution < -0.4 is 5.32 Å². The second kappa shape index (κ2) is 4.51. The number of nitrogens with zero attached hydrogens (tertiary/aromatic N) is 2. The number of amides is 1. The Morgan fingerprint density at radius 2 is 2.12 bits per heavy atom. The minimum absolute atomic E-state index is 0.278. The van der Waals surface area contributed by atoms with E-state index in [4.69, 9.17) is 4.74 Å². The molecule has 1 unspecified atom stereocenters. The molecule has 6 heteroatoms. The number of carbonyl (C=O) groups excluding carboxylic acids is 1. The van der Waals surface area contributed by atoms with Gasteiger partial charge in [-0.25, -0.2) is 9.78 Å². The van der Waals surface area contributed by atoms with Crippen LogP contribution in [0.3, 0.4) is 0 Å². The maximum atomic E-state index is 11.5. The van der Waals surface area contributed by atoms with Crippen LogP contribution in [-0.2, 0) is 4.74 Å². The molecule has 0 aromatic carbocycles. The number of alkyl carbamates (subject to hydrolysis) is 1. The average Bonchev–Trinajstić information content (AvgIpc) is 2.47. The first-order valence-corrected chi connectivity index (χ1v) is 5.16. The summed E-state index contributed by atoms with van der Waals surface area (Å²) < 4.78 is 5.12. The molecule has 1 aromatic rings. The molecule has 1 rings (SSSR count). The van der Waals surface area contributed by atoms with Crippen molar-refractivity contribution in [3.8, 4) is 0 Å². The van der Waals surface area contributed by atoms with Gasteiger partial charge in [0.2, 0.25) is 0 Å². The molecule has 2 N–H and O–H groups in total. The smallest absolute Gasteiger partial charge is 0.408 e. The van der Waals surface area contributed by atoms with Gasteiger partial charge in [-0.1, -0.05) is 0 Å². The van der Waals surface area contributed by atoms with Gasteiger partial charge in [0.25, 0.3) is 0 Å². The molecular weight excluding hydrogens is 208 g/mol. The normalized spacial score (nSPS) is 13.3. The van der Waals surface area contributed by atoms with Crippen molar-refractivity contribution in [1.29, 1.82) is 0 Å². The lowest BCUT2D eigenvalue weighted by Gasteiger charge is -2.21. The van der Waals surface area contributed by atoms with Gasteiger partial charge >= 0.3 is 6.09 Å². The van der Waals surface area contributed by atoms with Crippen LogP contribution in [0.2, 0.25) is 0 Å². The monoisotopic (exact) mass is 226 g/mol. The van der Waals surface area contributed by atoms with Crippen LogP contribution >= 0.6 is 0 Å². The number of aromatic nitrogens is 3. The fourth-order valence-corrected chi connectivity index (χ4v) is 1.10. The first-order valence-electron chi connectivity index (χ1n) is 5.16. The Kier molecular flexibility index (Phi) is 3.51. The molecule has 0 saturated heterocycles. The number of hydrogen-bond acceptors (Lipinski definition) is 4. The van der Waals surface area contributed by atoms with E-state index in [0.717, 1.165) is 0 Å². The Morgan fingerprint density at radius 3 is 2.56 bits per heavy atom. The van der Waals surface area contributed by atoms with Crippen molar-refractivity contribution >= 4 is 6.09 Å². The van der Waals surface area contributed by atoms with E-state index in [9.17, 15) is 4.79 Å². The van der Waals surface area contributed by atoms with E-state index in [0.29, 0.717) is 11.6 Å². The molecule has 0 bridgehead atoms. The summed E-state index contributed by atoms with van der Waals surface area (Å²) in [6.45, 7) is 9.04. The highest BCUT2D eigenvalue weighted by Crippen LogP contribution is 2.10. The van der Waals surface area contributed by atoms with Crippen molar-refractivity contribution in [2.45, 2.75) is 46.3 Å². The first kappa shape index (κ1) is 12.5. The van der Waals surface area contributed by atoms with Gasteiger partial charge in [-0.05, 0) is 34.6 Å². The van der Waals surface area contributed by atoms with Gasteiger partial charge in [0.05, 0.1) is 6.04 Å². The predicted octanol–water partition coefficient (Wildman–Crippen LogP) is 1.70. The van der Waals surface area contributed by atoms with Gasteiger partial charge in [0, 0.05) is 0 Å². The zero-order chi connectivity index (χ0) is 12.3. The van der Waals surface area contributed by atoms with E-state index < -0.39 is 11.7 Å². The summed E-state index contributed by atoms with van der Waals surface area (Å²) in [4.78, 5) is 15.6. The number of aromatic amines is 1. The van der Waals surface area contributed by atoms with Crippen LogP contribution in [0, 0.1) is 6.92 Å². The van der Waals surface area contributed by atoms with E-state index >= 15 is 0 Å². The number of rotatable bonds is 2. The molecule has 1 heterocycles. The topological polar surface area (TPSA) is 79.9 Å². The molecule has 16 heavy (non-hydrogen) atoms. The van der Waals surface area contributed by atoms with E-state index in [1.165, 1.54) is 0 Å². The highest BCUT2D eigenvalue weighted by molar-refractivity contribution is 5.68. The zero-order valence-electron chi connectivity index (χ0n) is 10.3. The molecular formula is C10H18N4O2. The Bertz CT molecular complexity index is 367. The van der Waals surface area contributed by atoms with E-state index in [-0.39, 0.29) is 6.04 Å². The van der Waals surface area contributed by atoms with Gasteiger partial charge in [0.15, 0.2) is 5.82 Å². The lowest BCUT2D eigenvalue weighted by molar-refractivity contribution is 0.0506. The van der Waals surface area contributed by atoms with Crippen LogP contribution in [0.5, 0.6) is 0 Å². The SMILES string of the molecule is Cc1nc(C(C)NC(=O)OC(C)(C)C)n[nH]1. The lowest BCUT2D eigenvalue weighted by atomic mass is 10.2. The summed E-state index contributed by atoms with van der Waals surface area (Å²) in [5.74, 6) is 1.26. The van der Waals surface area contributed by atoms with Crippen molar-refractivity contribution in [2.24, 2.45) is 0 Å². The molecule has 1 amide bonds. The predicted molar refractivity (Wildman–Crippen MR) is 58.9 cm³/mol. The van der Waals surface area contributed by atoms with Crippen LogP contribution in [0.1, 0.15) is 45.4 Å².